The van der Waals surface area contributed by atoms with E-state index in [1.54, 1.807) is 0 Å². The van der Waals surface area contributed by atoms with Crippen molar-refractivity contribution in [1.29, 1.82) is 0 Å². The highest BCUT2D eigenvalue weighted by atomic mass is 32.2. The van der Waals surface area contributed by atoms with Crippen LogP contribution >= 0.6 is 0 Å². The molecule has 0 aliphatic heterocycles. The number of nitrogens with zero attached hydrogens (tertiary/aromatic N) is 1. The van der Waals surface area contributed by atoms with E-state index in [1.807, 2.05) is 0 Å². The van der Waals surface area contributed by atoms with Gasteiger partial charge < -0.3 is 0 Å². The van der Waals surface area contributed by atoms with E-state index in [0.717, 1.165) is 42.5 Å². The normalized spacial score (nSPS) is 16.1. The number of hydrogen-bond donors (Lipinski definition) is 1. The second-order valence-corrected chi connectivity index (χ2v) is 10.3. The lowest BCUT2D eigenvalue weighted by Crippen LogP contribution is -2.24. The minimum atomic E-state index is -3.70. The molecular formula is C22H36N2O2S. The molecule has 0 aromatic heterocycles. The van der Waals surface area contributed by atoms with Gasteiger partial charge in [0.1, 0.15) is 0 Å². The third kappa shape index (κ3) is 5.56. The molecule has 2 rings (SSSR count). The van der Waals surface area contributed by atoms with Crippen LogP contribution in [0.4, 0.5) is 0 Å². The van der Waals surface area contributed by atoms with Gasteiger partial charge in [-0.05, 0) is 60.1 Å². The molecule has 4 nitrogen and oxygen atoms in total. The zero-order chi connectivity index (χ0) is 20.2. The molecule has 1 aromatic carbocycles. The van der Waals surface area contributed by atoms with Crippen molar-refractivity contribution in [2.24, 2.45) is 5.10 Å². The predicted octanol–water partition coefficient (Wildman–Crippen LogP) is 6.05. The van der Waals surface area contributed by atoms with Gasteiger partial charge in [-0.15, -0.1) is 0 Å². The van der Waals surface area contributed by atoms with Crippen molar-refractivity contribution in [3.8, 4) is 0 Å². The lowest BCUT2D eigenvalue weighted by molar-refractivity contribution is 0.578. The predicted molar refractivity (Wildman–Crippen MR) is 114 cm³/mol. The Labute approximate surface area is 165 Å². The van der Waals surface area contributed by atoms with Crippen molar-refractivity contribution in [2.75, 3.05) is 0 Å². The largest absolute Gasteiger partial charge is 0.277 e. The summed E-state index contributed by atoms with van der Waals surface area (Å²) in [6.45, 7) is 12.5. The van der Waals surface area contributed by atoms with Crippen molar-refractivity contribution in [3.05, 3.63) is 28.8 Å². The second kappa shape index (κ2) is 9.22. The molecule has 0 amide bonds. The van der Waals surface area contributed by atoms with Crippen LogP contribution in [-0.2, 0) is 10.0 Å². The third-order valence-corrected chi connectivity index (χ3v) is 6.69. The van der Waals surface area contributed by atoms with E-state index >= 15 is 0 Å². The first-order valence-corrected chi connectivity index (χ1v) is 11.9. The number of hydrazone groups is 1. The molecular weight excluding hydrogens is 356 g/mol. The van der Waals surface area contributed by atoms with E-state index in [4.69, 9.17) is 0 Å². The van der Waals surface area contributed by atoms with Gasteiger partial charge in [0, 0.05) is 5.71 Å². The van der Waals surface area contributed by atoms with Gasteiger partial charge in [0.2, 0.25) is 0 Å². The second-order valence-electron chi connectivity index (χ2n) is 8.68. The molecule has 1 aliphatic carbocycles. The summed E-state index contributed by atoms with van der Waals surface area (Å²) in [5, 5.41) is 4.33. The molecule has 0 heterocycles. The number of nitrogens with one attached hydrogen (secondary N) is 1. The number of hydrogen-bond acceptors (Lipinski definition) is 3. The maximum absolute atomic E-state index is 13.3. The van der Waals surface area contributed by atoms with E-state index < -0.39 is 10.0 Å². The topological polar surface area (TPSA) is 58.5 Å². The molecule has 1 fully saturated rings. The van der Waals surface area contributed by atoms with Crippen LogP contribution in [0.25, 0.3) is 0 Å². The van der Waals surface area contributed by atoms with Crippen LogP contribution in [-0.4, -0.2) is 14.1 Å². The van der Waals surface area contributed by atoms with Crippen molar-refractivity contribution in [2.45, 2.75) is 103 Å². The fraction of sp³-hybridized carbons (Fsp3) is 0.682. The van der Waals surface area contributed by atoms with E-state index in [9.17, 15) is 8.42 Å². The molecule has 0 bridgehead atoms. The zero-order valence-corrected chi connectivity index (χ0v) is 18.6. The minimum absolute atomic E-state index is 0.123. The summed E-state index contributed by atoms with van der Waals surface area (Å²) in [7, 11) is -3.70. The maximum atomic E-state index is 13.3. The van der Waals surface area contributed by atoms with Crippen LogP contribution in [0.5, 0.6) is 0 Å². The molecule has 152 valence electrons. The van der Waals surface area contributed by atoms with Gasteiger partial charge in [0.25, 0.3) is 10.0 Å². The van der Waals surface area contributed by atoms with Crippen molar-refractivity contribution in [1.82, 2.24) is 4.83 Å². The molecule has 0 atom stereocenters. The first-order chi connectivity index (χ1) is 12.6. The Morgan fingerprint density at radius 2 is 1.30 bits per heavy atom. The lowest BCUT2D eigenvalue weighted by Gasteiger charge is -2.22. The van der Waals surface area contributed by atoms with E-state index in [-0.39, 0.29) is 11.8 Å². The molecule has 0 spiro atoms. The van der Waals surface area contributed by atoms with Gasteiger partial charge in [0.05, 0.1) is 4.90 Å². The van der Waals surface area contributed by atoms with Gasteiger partial charge in [-0.3, -0.25) is 0 Å². The van der Waals surface area contributed by atoms with Crippen LogP contribution in [0.2, 0.25) is 0 Å². The van der Waals surface area contributed by atoms with Crippen LogP contribution in [0.3, 0.4) is 0 Å². The van der Waals surface area contributed by atoms with E-state index in [2.05, 4.69) is 63.6 Å². The highest BCUT2D eigenvalue weighted by molar-refractivity contribution is 7.89. The fourth-order valence-electron chi connectivity index (χ4n) is 3.62. The Bertz CT molecular complexity index is 738. The summed E-state index contributed by atoms with van der Waals surface area (Å²) < 4.78 is 26.5. The Hall–Kier alpha value is -1.36. The van der Waals surface area contributed by atoms with Gasteiger partial charge in [-0.25, -0.2) is 4.83 Å². The Morgan fingerprint density at radius 3 is 1.70 bits per heavy atom. The summed E-state index contributed by atoms with van der Waals surface area (Å²) in [4.78, 5) is 3.00. The molecule has 1 N–H and O–H groups in total. The SMILES string of the molecule is CC(C)c1cc(C(C)C)c(S(=O)(=O)NN=C2CCCCCC2)c(C(C)C)c1. The van der Waals surface area contributed by atoms with Crippen LogP contribution < -0.4 is 4.83 Å². The Morgan fingerprint density at radius 1 is 0.815 bits per heavy atom. The molecule has 1 saturated carbocycles. The first-order valence-electron chi connectivity index (χ1n) is 10.4. The van der Waals surface area contributed by atoms with Gasteiger partial charge >= 0.3 is 0 Å². The summed E-state index contributed by atoms with van der Waals surface area (Å²) in [5.74, 6) is 0.604. The molecule has 5 heteroatoms. The fourth-order valence-corrected chi connectivity index (χ4v) is 5.17. The smallest absolute Gasteiger partial charge is 0.200 e. The number of sulfonamides is 1. The van der Waals surface area contributed by atoms with Crippen molar-refractivity contribution < 1.29 is 8.42 Å². The third-order valence-electron chi connectivity index (χ3n) is 5.35. The molecule has 0 unspecified atom stereocenters. The van der Waals surface area contributed by atoms with Crippen LogP contribution in [0.1, 0.15) is 115 Å². The first kappa shape index (κ1) is 21.9. The highest BCUT2D eigenvalue weighted by Gasteiger charge is 2.27. The van der Waals surface area contributed by atoms with Crippen molar-refractivity contribution >= 4 is 15.7 Å². The molecule has 0 saturated heterocycles. The van der Waals surface area contributed by atoms with Gasteiger partial charge in [-0.1, -0.05) is 66.5 Å². The van der Waals surface area contributed by atoms with E-state index in [0.29, 0.717) is 10.8 Å². The van der Waals surface area contributed by atoms with Crippen molar-refractivity contribution in [3.63, 3.8) is 0 Å². The zero-order valence-electron chi connectivity index (χ0n) is 17.8. The lowest BCUT2D eigenvalue weighted by atomic mass is 9.89. The summed E-state index contributed by atoms with van der Waals surface area (Å²) >= 11 is 0. The van der Waals surface area contributed by atoms with E-state index in [1.165, 1.54) is 18.4 Å². The summed E-state index contributed by atoms with van der Waals surface area (Å²) in [6, 6.07) is 4.13. The van der Waals surface area contributed by atoms with Gasteiger partial charge in [-0.2, -0.15) is 13.5 Å². The summed E-state index contributed by atoms with van der Waals surface area (Å²) in [6.07, 6.45) is 6.39. The molecule has 0 radical (unpaired) electrons. The van der Waals surface area contributed by atoms with Crippen LogP contribution in [0, 0.1) is 0 Å². The van der Waals surface area contributed by atoms with Crippen LogP contribution in [0.15, 0.2) is 22.1 Å². The average molecular weight is 393 g/mol. The Balaban J connectivity index is 2.51. The number of rotatable bonds is 6. The molecule has 27 heavy (non-hydrogen) atoms. The quantitative estimate of drug-likeness (QED) is 0.473. The maximum Gasteiger partial charge on any atom is 0.277 e. The average Bonchev–Trinajstić information content (AvgIpc) is 2.87. The highest BCUT2D eigenvalue weighted by Crippen LogP contribution is 2.35. The standard InChI is InChI=1S/C22H36N2O2S/c1-15(2)18-13-20(16(3)4)22(21(14-18)17(5)6)27(25,26)24-23-19-11-9-7-8-10-12-19/h13-17,24H,7-12H2,1-6H3. The molecule has 1 aliphatic rings. The monoisotopic (exact) mass is 392 g/mol. The molecule has 1 aromatic rings. The summed E-state index contributed by atoms with van der Waals surface area (Å²) in [5.41, 5.74) is 3.94. The number of benzene rings is 1. The minimum Gasteiger partial charge on any atom is -0.200 e. The van der Waals surface area contributed by atoms with Gasteiger partial charge in [0.15, 0.2) is 0 Å². The Kier molecular flexibility index (Phi) is 7.49.